The highest BCUT2D eigenvalue weighted by atomic mass is 32.2. The fraction of sp³-hybridized carbons (Fsp3) is 0.941. The lowest BCUT2D eigenvalue weighted by Crippen LogP contribution is -2.39. The Labute approximate surface area is 134 Å². The van der Waals surface area contributed by atoms with Crippen LogP contribution in [0.5, 0.6) is 0 Å². The molecule has 0 amide bonds. The van der Waals surface area contributed by atoms with Crippen molar-refractivity contribution in [1.29, 1.82) is 0 Å². The standard InChI is InChI=1S/C17H31NO2S/c1-3-18-14-8-6-4-5-7-9-15(14)21-13-17(10-11-17)12-16(19)20-2/h14-15,18H,3-13H2,1-2H3. The van der Waals surface area contributed by atoms with Crippen molar-refractivity contribution in [3.05, 3.63) is 0 Å². The van der Waals surface area contributed by atoms with Crippen molar-refractivity contribution in [2.75, 3.05) is 19.4 Å². The number of thioether (sulfide) groups is 1. The van der Waals surface area contributed by atoms with Crippen molar-refractivity contribution < 1.29 is 9.53 Å². The average Bonchev–Trinajstić information content (AvgIpc) is 3.21. The molecule has 2 atom stereocenters. The number of methoxy groups -OCH3 is 1. The summed E-state index contributed by atoms with van der Waals surface area (Å²) in [6.07, 6.45) is 11.2. The third kappa shape index (κ3) is 5.48. The Kier molecular flexibility index (Phi) is 6.87. The second-order valence-electron chi connectivity index (χ2n) is 6.76. The maximum absolute atomic E-state index is 11.5. The van der Waals surface area contributed by atoms with Gasteiger partial charge in [0.05, 0.1) is 13.5 Å². The van der Waals surface area contributed by atoms with Gasteiger partial charge in [-0.25, -0.2) is 0 Å². The molecule has 2 rings (SSSR count). The molecule has 2 aliphatic rings. The van der Waals surface area contributed by atoms with E-state index in [0.29, 0.717) is 12.5 Å². The normalized spacial score (nSPS) is 28.5. The van der Waals surface area contributed by atoms with Gasteiger partial charge in [-0.1, -0.05) is 32.6 Å². The Hall–Kier alpha value is -0.220. The molecule has 0 spiro atoms. The fourth-order valence-electron chi connectivity index (χ4n) is 3.36. The number of hydrogen-bond donors (Lipinski definition) is 1. The van der Waals surface area contributed by atoms with E-state index in [-0.39, 0.29) is 11.4 Å². The second-order valence-corrected chi connectivity index (χ2v) is 7.99. The Morgan fingerprint density at radius 2 is 1.95 bits per heavy atom. The number of esters is 1. The molecule has 0 saturated heterocycles. The minimum Gasteiger partial charge on any atom is -0.469 e. The lowest BCUT2D eigenvalue weighted by atomic mass is 9.96. The van der Waals surface area contributed by atoms with Gasteiger partial charge in [0, 0.05) is 11.3 Å². The van der Waals surface area contributed by atoms with Crippen LogP contribution < -0.4 is 5.32 Å². The first-order chi connectivity index (χ1) is 10.2. The van der Waals surface area contributed by atoms with Gasteiger partial charge in [0.25, 0.3) is 0 Å². The van der Waals surface area contributed by atoms with Crippen LogP contribution in [0.25, 0.3) is 0 Å². The molecule has 0 aromatic heterocycles. The maximum Gasteiger partial charge on any atom is 0.306 e. The predicted octanol–water partition coefficient (Wildman–Crippen LogP) is 3.76. The van der Waals surface area contributed by atoms with E-state index in [4.69, 9.17) is 4.74 Å². The number of rotatable bonds is 7. The van der Waals surface area contributed by atoms with Crippen molar-refractivity contribution in [3.63, 3.8) is 0 Å². The van der Waals surface area contributed by atoms with Crippen LogP contribution in [-0.2, 0) is 9.53 Å². The summed E-state index contributed by atoms with van der Waals surface area (Å²) in [7, 11) is 1.50. The molecule has 1 N–H and O–H groups in total. The highest BCUT2D eigenvalue weighted by molar-refractivity contribution is 8.00. The third-order valence-electron chi connectivity index (χ3n) is 4.98. The van der Waals surface area contributed by atoms with Crippen LogP contribution in [0.4, 0.5) is 0 Å². The van der Waals surface area contributed by atoms with Gasteiger partial charge in [0.2, 0.25) is 0 Å². The molecule has 4 heteroatoms. The van der Waals surface area contributed by atoms with Gasteiger partial charge >= 0.3 is 5.97 Å². The minimum atomic E-state index is -0.0333. The lowest BCUT2D eigenvalue weighted by molar-refractivity contribution is -0.141. The zero-order valence-electron chi connectivity index (χ0n) is 13.7. The molecule has 2 unspecified atom stereocenters. The van der Waals surface area contributed by atoms with Gasteiger partial charge in [-0.15, -0.1) is 0 Å². The number of hydrogen-bond acceptors (Lipinski definition) is 4. The molecule has 0 aliphatic heterocycles. The van der Waals surface area contributed by atoms with Crippen LogP contribution in [0.3, 0.4) is 0 Å². The van der Waals surface area contributed by atoms with E-state index < -0.39 is 0 Å². The maximum atomic E-state index is 11.5. The number of carbonyl (C=O) groups is 1. The van der Waals surface area contributed by atoms with Crippen LogP contribution in [0, 0.1) is 5.41 Å². The highest BCUT2D eigenvalue weighted by Crippen LogP contribution is 2.52. The van der Waals surface area contributed by atoms with Crippen LogP contribution in [-0.4, -0.2) is 36.7 Å². The van der Waals surface area contributed by atoms with E-state index in [1.807, 2.05) is 0 Å². The van der Waals surface area contributed by atoms with E-state index in [9.17, 15) is 4.79 Å². The summed E-state index contributed by atoms with van der Waals surface area (Å²) in [6, 6.07) is 0.661. The molecular formula is C17H31NO2S. The van der Waals surface area contributed by atoms with Crippen molar-refractivity contribution in [2.24, 2.45) is 5.41 Å². The van der Waals surface area contributed by atoms with Crippen molar-refractivity contribution in [2.45, 2.75) is 76.0 Å². The van der Waals surface area contributed by atoms with Crippen LogP contribution in [0.15, 0.2) is 0 Å². The first-order valence-corrected chi connectivity index (χ1v) is 9.66. The summed E-state index contributed by atoms with van der Waals surface area (Å²) in [5.41, 5.74) is 0.261. The molecular weight excluding hydrogens is 282 g/mol. The van der Waals surface area contributed by atoms with Gasteiger partial charge in [0.1, 0.15) is 0 Å². The van der Waals surface area contributed by atoms with Gasteiger partial charge in [0.15, 0.2) is 0 Å². The molecule has 122 valence electrons. The Morgan fingerprint density at radius 1 is 1.24 bits per heavy atom. The summed E-state index contributed by atoms with van der Waals surface area (Å²) in [6.45, 7) is 3.27. The smallest absolute Gasteiger partial charge is 0.306 e. The van der Waals surface area contributed by atoms with Crippen LogP contribution in [0.1, 0.15) is 64.7 Å². The zero-order chi connectivity index (χ0) is 15.1. The summed E-state index contributed by atoms with van der Waals surface area (Å²) in [5.74, 6) is 1.10. The average molecular weight is 314 g/mol. The van der Waals surface area contributed by atoms with Crippen molar-refractivity contribution >= 4 is 17.7 Å². The van der Waals surface area contributed by atoms with Gasteiger partial charge in [-0.3, -0.25) is 4.79 Å². The monoisotopic (exact) mass is 313 g/mol. The molecule has 21 heavy (non-hydrogen) atoms. The Balaban J connectivity index is 1.84. The van der Waals surface area contributed by atoms with Crippen molar-refractivity contribution in [1.82, 2.24) is 5.32 Å². The lowest BCUT2D eigenvalue weighted by Gasteiger charge is -2.30. The van der Waals surface area contributed by atoms with E-state index in [1.54, 1.807) is 0 Å². The van der Waals surface area contributed by atoms with E-state index in [1.165, 1.54) is 58.5 Å². The fourth-order valence-corrected chi connectivity index (χ4v) is 5.11. The van der Waals surface area contributed by atoms with Crippen molar-refractivity contribution in [3.8, 4) is 0 Å². The topological polar surface area (TPSA) is 38.3 Å². The first kappa shape index (κ1) is 17.1. The second kappa shape index (κ2) is 8.42. The van der Waals surface area contributed by atoms with Crippen LogP contribution >= 0.6 is 11.8 Å². The molecule has 0 heterocycles. The number of ether oxygens (including phenoxy) is 1. The van der Waals surface area contributed by atoms with Gasteiger partial charge in [-0.2, -0.15) is 11.8 Å². The Bertz CT molecular complexity index is 331. The predicted molar refractivity (Wildman–Crippen MR) is 89.7 cm³/mol. The number of carbonyl (C=O) groups excluding carboxylic acids is 1. The molecule has 0 radical (unpaired) electrons. The van der Waals surface area contributed by atoms with Crippen LogP contribution in [0.2, 0.25) is 0 Å². The summed E-state index contributed by atoms with van der Waals surface area (Å²) < 4.78 is 4.85. The SMILES string of the molecule is CCNC1CCCCCCC1SCC1(CC(=O)OC)CC1. The zero-order valence-corrected chi connectivity index (χ0v) is 14.5. The Morgan fingerprint density at radius 3 is 2.57 bits per heavy atom. The molecule has 2 aliphatic carbocycles. The number of nitrogens with one attached hydrogen (secondary N) is 1. The summed E-state index contributed by atoms with van der Waals surface area (Å²) in [5, 5.41) is 4.42. The molecule has 3 nitrogen and oxygen atoms in total. The summed E-state index contributed by atoms with van der Waals surface area (Å²) >= 11 is 2.12. The molecule has 0 aromatic rings. The van der Waals surface area contributed by atoms with E-state index in [0.717, 1.165) is 17.5 Å². The van der Waals surface area contributed by atoms with E-state index >= 15 is 0 Å². The molecule has 2 saturated carbocycles. The molecule has 0 aromatic carbocycles. The quantitative estimate of drug-likeness (QED) is 0.726. The largest absolute Gasteiger partial charge is 0.469 e. The summed E-state index contributed by atoms with van der Waals surface area (Å²) in [4.78, 5) is 11.5. The molecule has 0 bridgehead atoms. The highest BCUT2D eigenvalue weighted by Gasteiger charge is 2.45. The van der Waals surface area contributed by atoms with Gasteiger partial charge in [-0.05, 0) is 43.4 Å². The first-order valence-electron chi connectivity index (χ1n) is 8.61. The van der Waals surface area contributed by atoms with E-state index in [2.05, 4.69) is 24.0 Å². The molecule has 2 fully saturated rings. The third-order valence-corrected chi connectivity index (χ3v) is 6.75. The van der Waals surface area contributed by atoms with Gasteiger partial charge < -0.3 is 10.1 Å². The minimum absolute atomic E-state index is 0.0333.